The highest BCUT2D eigenvalue weighted by Crippen LogP contribution is 2.46. The Kier molecular flexibility index (Phi) is 9.46. The molecule has 5 heteroatoms. The summed E-state index contributed by atoms with van der Waals surface area (Å²) in [5.74, 6) is 0. The Morgan fingerprint density at radius 1 is 0.239 bits per heavy atom. The number of anilines is 6. The maximum absolute atomic E-state index is 7.29. The fraction of sp³-hybridized carbons (Fsp3) is 0. The number of para-hydroxylation sites is 5. The van der Waals surface area contributed by atoms with Crippen molar-refractivity contribution in [2.75, 3.05) is 9.80 Å². The molecule has 0 saturated carbocycles. The molecule has 0 fully saturated rings. The van der Waals surface area contributed by atoms with Gasteiger partial charge < -0.3 is 23.4 Å². The molecule has 0 aliphatic carbocycles. The van der Waals surface area contributed by atoms with Crippen molar-refractivity contribution in [3.05, 3.63) is 267 Å². The fourth-order valence-electron chi connectivity index (χ4n) is 10.9. The number of rotatable bonds is 9. The average Bonchev–Trinajstić information content (AvgIpc) is 4.11. The number of aromatic nitrogens is 2. The third kappa shape index (κ3) is 6.63. The summed E-state index contributed by atoms with van der Waals surface area (Å²) in [7, 11) is 0. The minimum atomic E-state index is 0.897. The van der Waals surface area contributed by atoms with Crippen LogP contribution in [-0.4, -0.2) is 9.13 Å². The zero-order valence-electron chi connectivity index (χ0n) is 38.6. The predicted molar refractivity (Wildman–Crippen MR) is 297 cm³/mol. The van der Waals surface area contributed by atoms with E-state index in [0.29, 0.717) is 0 Å². The highest BCUT2D eigenvalue weighted by Gasteiger charge is 2.23. The standard InChI is InChI=1S/C66H44N4O/c1-5-17-45(18-6-1)46-29-31-50(32-30-46)68(49-23-11-4-12-24-49)52-35-39-54(40-36-52)70-60-28-16-14-26-58(60)64-62(70)44-42-56-55-41-43-61-63(65(55)71-66(56)64)57-25-13-15-27-59(57)69(61)53-37-33-51(34-38-53)67(47-19-7-2-8-20-47)48-21-9-3-10-22-48/h1-44H. The highest BCUT2D eigenvalue weighted by atomic mass is 16.3. The van der Waals surface area contributed by atoms with Gasteiger partial charge in [-0.05, 0) is 145 Å². The van der Waals surface area contributed by atoms with Crippen LogP contribution < -0.4 is 9.80 Å². The van der Waals surface area contributed by atoms with Crippen LogP contribution in [0.25, 0.3) is 88.1 Å². The number of benzene rings is 11. The number of hydrogen-bond donors (Lipinski definition) is 0. The zero-order valence-corrected chi connectivity index (χ0v) is 38.6. The first kappa shape index (κ1) is 40.5. The minimum absolute atomic E-state index is 0.897. The van der Waals surface area contributed by atoms with E-state index >= 15 is 0 Å². The average molecular weight is 909 g/mol. The molecule has 0 aliphatic heterocycles. The van der Waals surface area contributed by atoms with Gasteiger partial charge >= 0.3 is 0 Å². The molecule has 0 unspecified atom stereocenters. The maximum atomic E-state index is 7.29. The monoisotopic (exact) mass is 908 g/mol. The van der Waals surface area contributed by atoms with Crippen LogP contribution >= 0.6 is 0 Å². The minimum Gasteiger partial charge on any atom is -0.455 e. The molecule has 71 heavy (non-hydrogen) atoms. The smallest absolute Gasteiger partial charge is 0.145 e. The lowest BCUT2D eigenvalue weighted by Gasteiger charge is -2.26. The van der Waals surface area contributed by atoms with E-state index in [1.807, 2.05) is 0 Å². The molecule has 0 N–H and O–H groups in total. The SMILES string of the molecule is c1ccc(-c2ccc(N(c3ccccc3)c3ccc(-n4c5ccccc5c5c6oc7c(ccc8c7c7ccccc7n8-c7ccc(N(c8ccccc8)c8ccccc8)cc7)c6ccc54)cc3)cc2)cc1. The number of nitrogens with zero attached hydrogens (tertiary/aromatic N) is 4. The van der Waals surface area contributed by atoms with E-state index < -0.39 is 0 Å². The van der Waals surface area contributed by atoms with Gasteiger partial charge in [-0.25, -0.2) is 0 Å². The molecule has 14 aromatic rings. The van der Waals surface area contributed by atoms with Gasteiger partial charge in [0.15, 0.2) is 0 Å². The molecule has 0 radical (unpaired) electrons. The Hall–Kier alpha value is -9.58. The lowest BCUT2D eigenvalue weighted by atomic mass is 10.0. The second-order valence-corrected chi connectivity index (χ2v) is 18.1. The molecule has 3 aromatic heterocycles. The van der Waals surface area contributed by atoms with Crippen molar-refractivity contribution in [2.24, 2.45) is 0 Å². The Labute approximate surface area is 410 Å². The van der Waals surface area contributed by atoms with E-state index in [-0.39, 0.29) is 0 Å². The van der Waals surface area contributed by atoms with Crippen molar-refractivity contribution < 1.29 is 4.42 Å². The molecule has 0 saturated heterocycles. The molecule has 3 heterocycles. The summed E-state index contributed by atoms with van der Waals surface area (Å²) in [5.41, 5.74) is 17.4. The fourth-order valence-corrected chi connectivity index (χ4v) is 10.9. The van der Waals surface area contributed by atoms with Gasteiger partial charge in [-0.2, -0.15) is 0 Å². The van der Waals surface area contributed by atoms with Crippen molar-refractivity contribution in [1.29, 1.82) is 0 Å². The van der Waals surface area contributed by atoms with E-state index in [0.717, 1.165) is 111 Å². The molecular weight excluding hydrogens is 865 g/mol. The van der Waals surface area contributed by atoms with Crippen LogP contribution in [0.2, 0.25) is 0 Å². The van der Waals surface area contributed by atoms with Crippen molar-refractivity contribution in [2.45, 2.75) is 0 Å². The third-order valence-corrected chi connectivity index (χ3v) is 14.1. The summed E-state index contributed by atoms with van der Waals surface area (Å²) in [6.07, 6.45) is 0. The van der Waals surface area contributed by atoms with E-state index in [4.69, 9.17) is 4.42 Å². The topological polar surface area (TPSA) is 29.5 Å². The normalized spacial score (nSPS) is 11.7. The first-order valence-electron chi connectivity index (χ1n) is 24.2. The van der Waals surface area contributed by atoms with E-state index in [1.165, 1.54) is 11.1 Å². The number of furan rings is 1. The Bertz CT molecular complexity index is 4200. The van der Waals surface area contributed by atoms with Crippen LogP contribution in [-0.2, 0) is 0 Å². The first-order valence-corrected chi connectivity index (χ1v) is 24.2. The summed E-state index contributed by atoms with van der Waals surface area (Å²) < 4.78 is 12.0. The molecule has 0 amide bonds. The maximum Gasteiger partial charge on any atom is 0.145 e. The molecular formula is C66H44N4O. The van der Waals surface area contributed by atoms with E-state index in [1.54, 1.807) is 0 Å². The van der Waals surface area contributed by atoms with Gasteiger partial charge in [0.25, 0.3) is 0 Å². The Morgan fingerprint density at radius 3 is 0.972 bits per heavy atom. The van der Waals surface area contributed by atoms with E-state index in [9.17, 15) is 0 Å². The van der Waals surface area contributed by atoms with Crippen LogP contribution in [0.4, 0.5) is 34.1 Å². The van der Waals surface area contributed by atoms with Crippen molar-refractivity contribution in [1.82, 2.24) is 9.13 Å². The van der Waals surface area contributed by atoms with Gasteiger partial charge in [-0.15, -0.1) is 0 Å². The van der Waals surface area contributed by atoms with Gasteiger partial charge in [0.05, 0.1) is 32.8 Å². The van der Waals surface area contributed by atoms with Crippen molar-refractivity contribution in [3.8, 4) is 22.5 Å². The quantitative estimate of drug-likeness (QED) is 0.145. The zero-order chi connectivity index (χ0) is 46.8. The molecule has 11 aromatic carbocycles. The lowest BCUT2D eigenvalue weighted by molar-refractivity contribution is 0.677. The van der Waals surface area contributed by atoms with Crippen LogP contribution in [0.15, 0.2) is 271 Å². The predicted octanol–water partition coefficient (Wildman–Crippen LogP) is 18.4. The highest BCUT2D eigenvalue weighted by molar-refractivity contribution is 6.29. The summed E-state index contributed by atoms with van der Waals surface area (Å²) in [6.45, 7) is 0. The number of hydrogen-bond acceptors (Lipinski definition) is 3. The van der Waals surface area contributed by atoms with Crippen LogP contribution in [0.5, 0.6) is 0 Å². The molecule has 334 valence electrons. The Balaban J connectivity index is 0.885. The summed E-state index contributed by atoms with van der Waals surface area (Å²) in [4.78, 5) is 4.62. The number of fused-ring (bicyclic) bond motifs is 11. The van der Waals surface area contributed by atoms with E-state index in [2.05, 4.69) is 286 Å². The summed E-state index contributed by atoms with van der Waals surface area (Å²) >= 11 is 0. The second kappa shape index (κ2) is 16.6. The third-order valence-electron chi connectivity index (χ3n) is 14.1. The van der Waals surface area contributed by atoms with Gasteiger partial charge in [0.1, 0.15) is 11.2 Å². The molecule has 0 bridgehead atoms. The van der Waals surface area contributed by atoms with Crippen LogP contribution in [0.3, 0.4) is 0 Å². The van der Waals surface area contributed by atoms with Crippen LogP contribution in [0, 0.1) is 0 Å². The molecule has 0 spiro atoms. The first-order chi connectivity index (χ1) is 35.2. The largest absolute Gasteiger partial charge is 0.455 e. The summed E-state index contributed by atoms with van der Waals surface area (Å²) in [6, 6.07) is 95.4. The van der Waals surface area contributed by atoms with Gasteiger partial charge in [0.2, 0.25) is 0 Å². The molecule has 0 atom stereocenters. The van der Waals surface area contributed by atoms with Crippen molar-refractivity contribution >= 4 is 99.7 Å². The van der Waals surface area contributed by atoms with Crippen molar-refractivity contribution in [3.63, 3.8) is 0 Å². The second-order valence-electron chi connectivity index (χ2n) is 18.1. The van der Waals surface area contributed by atoms with Gasteiger partial charge in [-0.3, -0.25) is 0 Å². The molecule has 5 nitrogen and oxygen atoms in total. The van der Waals surface area contributed by atoms with Gasteiger partial charge in [-0.1, -0.05) is 133 Å². The molecule has 14 rings (SSSR count). The van der Waals surface area contributed by atoms with Gasteiger partial charge in [0, 0.05) is 67.0 Å². The summed E-state index contributed by atoms with van der Waals surface area (Å²) in [5, 5.41) is 6.73. The lowest BCUT2D eigenvalue weighted by Crippen LogP contribution is -2.10. The Morgan fingerprint density at radius 2 is 0.563 bits per heavy atom. The molecule has 0 aliphatic rings. The van der Waals surface area contributed by atoms with Crippen LogP contribution in [0.1, 0.15) is 0 Å².